The molecular formula is C15H22N4O4. The zero-order chi connectivity index (χ0) is 17.0. The summed E-state index contributed by atoms with van der Waals surface area (Å²) in [4.78, 5) is 34.2. The zero-order valence-electron chi connectivity index (χ0n) is 13.7. The third kappa shape index (κ3) is 4.08. The van der Waals surface area contributed by atoms with Crippen molar-refractivity contribution in [3.05, 3.63) is 28.4 Å². The second-order valence-corrected chi connectivity index (χ2v) is 6.47. The van der Waals surface area contributed by atoms with Gasteiger partial charge in [0.25, 0.3) is 0 Å². The summed E-state index contributed by atoms with van der Waals surface area (Å²) in [5.41, 5.74) is -0.876. The molecule has 0 atom stereocenters. The van der Waals surface area contributed by atoms with Crippen LogP contribution in [0.2, 0.25) is 0 Å². The zero-order valence-corrected chi connectivity index (χ0v) is 13.7. The van der Waals surface area contributed by atoms with Crippen molar-refractivity contribution >= 4 is 17.6 Å². The normalized spacial score (nSPS) is 15.2. The van der Waals surface area contributed by atoms with Gasteiger partial charge < -0.3 is 9.74 Å². The molecule has 8 nitrogen and oxygen atoms in total. The second kappa shape index (κ2) is 6.80. The van der Waals surface area contributed by atoms with Gasteiger partial charge in [0.15, 0.2) is 0 Å². The fraction of sp³-hybridized carbons (Fsp3) is 0.600. The number of hydrogen-bond acceptors (Lipinski definition) is 6. The average molecular weight is 322 g/mol. The molecule has 0 spiro atoms. The molecule has 0 unspecified atom stereocenters. The molecule has 0 bridgehead atoms. The highest BCUT2D eigenvalue weighted by Crippen LogP contribution is 2.31. The lowest BCUT2D eigenvalue weighted by molar-refractivity contribution is -0.384. The van der Waals surface area contributed by atoms with Crippen LogP contribution in [-0.4, -0.2) is 39.5 Å². The number of anilines is 1. The first kappa shape index (κ1) is 17.0. The Hall–Kier alpha value is -2.38. The summed E-state index contributed by atoms with van der Waals surface area (Å²) in [6.07, 6.45) is 3.91. The number of hydrogen-bond donors (Lipinski definition) is 0. The summed E-state index contributed by atoms with van der Waals surface area (Å²) in [6.45, 7) is 6.68. The molecular weight excluding hydrogens is 300 g/mol. The number of piperidine rings is 1. The van der Waals surface area contributed by atoms with Crippen LogP contribution >= 0.6 is 0 Å². The molecule has 1 saturated heterocycles. The van der Waals surface area contributed by atoms with E-state index >= 15 is 0 Å². The maximum atomic E-state index is 12.4. The maximum absolute atomic E-state index is 12.4. The minimum Gasteiger partial charge on any atom is -0.319 e. The van der Waals surface area contributed by atoms with Crippen LogP contribution in [0.15, 0.2) is 18.3 Å². The minimum atomic E-state index is -0.676. The standard InChI is InChI=1S/C15H22N4O4/c1-15(2,3)18(13-12(19(21)22)8-7-9-16-13)23-14(20)17-10-5-4-6-11-17/h7-9H,4-6,10-11H2,1-3H3. The number of carbonyl (C=O) groups excluding carboxylic acids is 1. The minimum absolute atomic E-state index is 0.0235. The Morgan fingerprint density at radius 1 is 1.35 bits per heavy atom. The van der Waals surface area contributed by atoms with Gasteiger partial charge in [-0.15, -0.1) is 0 Å². The number of likely N-dealkylation sites (tertiary alicyclic amines) is 1. The smallest absolute Gasteiger partial charge is 0.319 e. The second-order valence-electron chi connectivity index (χ2n) is 6.47. The first-order valence-electron chi connectivity index (χ1n) is 7.67. The molecule has 1 aliphatic heterocycles. The van der Waals surface area contributed by atoms with Gasteiger partial charge in [0.05, 0.1) is 10.5 Å². The van der Waals surface area contributed by atoms with E-state index in [-0.39, 0.29) is 11.5 Å². The highest BCUT2D eigenvalue weighted by atomic mass is 16.7. The van der Waals surface area contributed by atoms with Crippen LogP contribution in [-0.2, 0) is 4.84 Å². The molecule has 1 aromatic rings. The Labute approximate surface area is 135 Å². The van der Waals surface area contributed by atoms with Crippen molar-refractivity contribution in [2.24, 2.45) is 0 Å². The van der Waals surface area contributed by atoms with Crippen LogP contribution in [0.4, 0.5) is 16.3 Å². The number of aromatic nitrogens is 1. The molecule has 23 heavy (non-hydrogen) atoms. The van der Waals surface area contributed by atoms with E-state index in [1.54, 1.807) is 25.7 Å². The molecule has 1 amide bonds. The molecule has 8 heteroatoms. The molecule has 0 saturated carbocycles. The van der Waals surface area contributed by atoms with E-state index in [9.17, 15) is 14.9 Å². The van der Waals surface area contributed by atoms with E-state index in [0.29, 0.717) is 13.1 Å². The first-order valence-corrected chi connectivity index (χ1v) is 7.67. The Balaban J connectivity index is 2.28. The summed E-state index contributed by atoms with van der Waals surface area (Å²) in [5, 5.41) is 12.5. The van der Waals surface area contributed by atoms with Crippen LogP contribution in [0, 0.1) is 10.1 Å². The van der Waals surface area contributed by atoms with Crippen molar-refractivity contribution < 1.29 is 14.6 Å². The highest BCUT2D eigenvalue weighted by molar-refractivity contribution is 5.70. The fourth-order valence-corrected chi connectivity index (χ4v) is 2.40. The van der Waals surface area contributed by atoms with Crippen molar-refractivity contribution in [1.29, 1.82) is 0 Å². The molecule has 2 heterocycles. The molecule has 1 fully saturated rings. The van der Waals surface area contributed by atoms with Crippen LogP contribution in [0.1, 0.15) is 40.0 Å². The molecule has 0 radical (unpaired) electrons. The van der Waals surface area contributed by atoms with E-state index in [4.69, 9.17) is 4.84 Å². The van der Waals surface area contributed by atoms with E-state index in [0.717, 1.165) is 19.3 Å². The number of pyridine rings is 1. The van der Waals surface area contributed by atoms with Gasteiger partial charge in [-0.2, -0.15) is 5.06 Å². The molecule has 0 aromatic carbocycles. The van der Waals surface area contributed by atoms with Gasteiger partial charge >= 0.3 is 11.8 Å². The molecule has 2 rings (SSSR count). The van der Waals surface area contributed by atoms with E-state index in [1.807, 2.05) is 0 Å². The van der Waals surface area contributed by atoms with Gasteiger partial charge in [0.1, 0.15) is 0 Å². The third-order valence-electron chi connectivity index (χ3n) is 3.55. The summed E-state index contributed by atoms with van der Waals surface area (Å²) >= 11 is 0. The van der Waals surface area contributed by atoms with Gasteiger partial charge in [0, 0.05) is 25.4 Å². The average Bonchev–Trinajstić information content (AvgIpc) is 2.52. The van der Waals surface area contributed by atoms with Gasteiger partial charge in [-0.1, -0.05) is 0 Å². The van der Waals surface area contributed by atoms with E-state index in [2.05, 4.69) is 4.98 Å². The Bertz CT molecular complexity index is 579. The summed E-state index contributed by atoms with van der Waals surface area (Å²) in [7, 11) is 0. The highest BCUT2D eigenvalue weighted by Gasteiger charge is 2.34. The fourth-order valence-electron chi connectivity index (χ4n) is 2.40. The Morgan fingerprint density at radius 3 is 2.57 bits per heavy atom. The molecule has 1 aromatic heterocycles. The van der Waals surface area contributed by atoms with Crippen LogP contribution < -0.4 is 5.06 Å². The third-order valence-corrected chi connectivity index (χ3v) is 3.55. The molecule has 126 valence electrons. The predicted molar refractivity (Wildman–Crippen MR) is 85.0 cm³/mol. The number of hydroxylamine groups is 1. The summed E-state index contributed by atoms with van der Waals surface area (Å²) in [5.74, 6) is 0.0235. The van der Waals surface area contributed by atoms with Crippen LogP contribution in [0.25, 0.3) is 0 Å². The van der Waals surface area contributed by atoms with Gasteiger partial charge in [-0.3, -0.25) is 10.1 Å². The largest absolute Gasteiger partial charge is 0.434 e. The number of amides is 1. The lowest BCUT2D eigenvalue weighted by Crippen LogP contribution is -2.47. The molecule has 0 N–H and O–H groups in total. The maximum Gasteiger partial charge on any atom is 0.434 e. The topological polar surface area (TPSA) is 88.8 Å². The quantitative estimate of drug-likeness (QED) is 0.627. The summed E-state index contributed by atoms with van der Waals surface area (Å²) in [6, 6.07) is 2.82. The van der Waals surface area contributed by atoms with Crippen molar-refractivity contribution in [3.63, 3.8) is 0 Å². The van der Waals surface area contributed by atoms with Crippen molar-refractivity contribution in [2.45, 2.75) is 45.6 Å². The van der Waals surface area contributed by atoms with Gasteiger partial charge in [-0.25, -0.2) is 9.78 Å². The SMILES string of the molecule is CC(C)(C)N(OC(=O)N1CCCCC1)c1ncccc1[N+](=O)[O-]. The number of rotatable bonds is 3. The van der Waals surface area contributed by atoms with Gasteiger partial charge in [-0.05, 0) is 46.1 Å². The number of nitro groups is 1. The van der Waals surface area contributed by atoms with Crippen LogP contribution in [0.3, 0.4) is 0 Å². The van der Waals surface area contributed by atoms with Gasteiger partial charge in [0.2, 0.25) is 5.82 Å². The number of nitrogens with zero attached hydrogens (tertiary/aromatic N) is 4. The van der Waals surface area contributed by atoms with Crippen LogP contribution in [0.5, 0.6) is 0 Å². The Kier molecular flexibility index (Phi) is 5.02. The van der Waals surface area contributed by atoms with E-state index < -0.39 is 16.6 Å². The monoisotopic (exact) mass is 322 g/mol. The Morgan fingerprint density at radius 2 is 2.00 bits per heavy atom. The van der Waals surface area contributed by atoms with E-state index in [1.165, 1.54) is 23.4 Å². The number of carbonyl (C=O) groups is 1. The summed E-state index contributed by atoms with van der Waals surface area (Å²) < 4.78 is 0. The van der Waals surface area contributed by atoms with Crippen molar-refractivity contribution in [2.75, 3.05) is 18.2 Å². The lowest BCUT2D eigenvalue weighted by Gasteiger charge is -2.36. The molecule has 0 aliphatic carbocycles. The predicted octanol–water partition coefficient (Wildman–Crippen LogP) is 3.13. The lowest BCUT2D eigenvalue weighted by atomic mass is 10.1. The van der Waals surface area contributed by atoms with Crippen molar-refractivity contribution in [1.82, 2.24) is 9.88 Å². The molecule has 1 aliphatic rings. The van der Waals surface area contributed by atoms with Crippen molar-refractivity contribution in [3.8, 4) is 0 Å². The first-order chi connectivity index (χ1) is 10.8.